The minimum atomic E-state index is -0.483. The van der Waals surface area contributed by atoms with Crippen molar-refractivity contribution in [3.8, 4) is 0 Å². The Morgan fingerprint density at radius 1 is 1.42 bits per heavy atom. The molecule has 0 aromatic carbocycles. The Labute approximate surface area is 115 Å². The van der Waals surface area contributed by atoms with Crippen LogP contribution in [0.4, 0.5) is 5.82 Å². The van der Waals surface area contributed by atoms with E-state index in [9.17, 15) is 9.59 Å². The number of carbonyl (C=O) groups is 2. The molecule has 0 unspecified atom stereocenters. The highest BCUT2D eigenvalue weighted by atomic mass is 35.5. The second-order valence-electron chi connectivity index (χ2n) is 3.59. The van der Waals surface area contributed by atoms with Crippen LogP contribution in [0, 0.1) is 0 Å². The zero-order valence-electron chi connectivity index (χ0n) is 10.4. The molecule has 0 aliphatic rings. The van der Waals surface area contributed by atoms with Crippen LogP contribution in [0.3, 0.4) is 0 Å². The monoisotopic (exact) mass is 286 g/mol. The summed E-state index contributed by atoms with van der Waals surface area (Å²) in [7, 11) is 1.53. The number of hydrogen-bond donors (Lipinski definition) is 3. The smallest absolute Gasteiger partial charge is 0.255 e. The van der Waals surface area contributed by atoms with Crippen LogP contribution in [-0.4, -0.2) is 43.6 Å². The van der Waals surface area contributed by atoms with Crippen molar-refractivity contribution in [1.82, 2.24) is 15.6 Å². The lowest BCUT2D eigenvalue weighted by atomic mass is 10.2. The van der Waals surface area contributed by atoms with Crippen LogP contribution in [0.5, 0.6) is 0 Å². The van der Waals surface area contributed by atoms with Crippen molar-refractivity contribution in [2.75, 3.05) is 32.5 Å². The molecule has 0 atom stereocenters. The number of nitrogen functional groups attached to an aromatic ring is 1. The first-order valence-corrected chi connectivity index (χ1v) is 5.88. The van der Waals surface area contributed by atoms with Gasteiger partial charge in [0.05, 0.1) is 18.7 Å². The van der Waals surface area contributed by atoms with Gasteiger partial charge in [0.25, 0.3) is 5.91 Å². The topological polar surface area (TPSA) is 106 Å². The van der Waals surface area contributed by atoms with Gasteiger partial charge in [-0.15, -0.1) is 0 Å². The predicted octanol–water partition coefficient (Wildman–Crippen LogP) is -0.190. The minimum Gasteiger partial charge on any atom is -0.383 e. The van der Waals surface area contributed by atoms with Gasteiger partial charge in [0.1, 0.15) is 11.0 Å². The van der Waals surface area contributed by atoms with Gasteiger partial charge in [-0.1, -0.05) is 11.6 Å². The summed E-state index contributed by atoms with van der Waals surface area (Å²) in [6.07, 6.45) is 0. The number of nitrogens with two attached hydrogens (primary N) is 1. The lowest BCUT2D eigenvalue weighted by Gasteiger charge is -2.07. The van der Waals surface area contributed by atoms with E-state index in [0.717, 1.165) is 0 Å². The Morgan fingerprint density at radius 2 is 2.16 bits per heavy atom. The quantitative estimate of drug-likeness (QED) is 0.496. The third kappa shape index (κ3) is 5.11. The van der Waals surface area contributed by atoms with Gasteiger partial charge >= 0.3 is 0 Å². The van der Waals surface area contributed by atoms with Gasteiger partial charge in [-0.25, -0.2) is 4.98 Å². The van der Waals surface area contributed by atoms with Crippen molar-refractivity contribution >= 4 is 29.2 Å². The molecular weight excluding hydrogens is 272 g/mol. The molecule has 1 aromatic heterocycles. The lowest BCUT2D eigenvalue weighted by molar-refractivity contribution is -0.120. The van der Waals surface area contributed by atoms with E-state index >= 15 is 0 Å². The molecule has 0 saturated heterocycles. The zero-order chi connectivity index (χ0) is 14.3. The Morgan fingerprint density at radius 3 is 2.79 bits per heavy atom. The van der Waals surface area contributed by atoms with Crippen molar-refractivity contribution < 1.29 is 14.3 Å². The molecule has 0 spiro atoms. The fourth-order valence-electron chi connectivity index (χ4n) is 1.25. The maximum Gasteiger partial charge on any atom is 0.255 e. The molecule has 2 amide bonds. The summed E-state index contributed by atoms with van der Waals surface area (Å²) in [6.45, 7) is 0.647. The molecule has 0 bridgehead atoms. The van der Waals surface area contributed by atoms with Crippen molar-refractivity contribution in [2.45, 2.75) is 0 Å². The maximum absolute atomic E-state index is 11.7. The number of methoxy groups -OCH3 is 1. The number of amides is 2. The second-order valence-corrected chi connectivity index (χ2v) is 3.98. The summed E-state index contributed by atoms with van der Waals surface area (Å²) in [6, 6.07) is 2.90. The van der Waals surface area contributed by atoms with Gasteiger partial charge in [0.15, 0.2) is 0 Å². The highest BCUT2D eigenvalue weighted by molar-refractivity contribution is 6.29. The first-order valence-electron chi connectivity index (χ1n) is 5.50. The maximum atomic E-state index is 11.7. The minimum absolute atomic E-state index is 0.0183. The summed E-state index contributed by atoms with van der Waals surface area (Å²) >= 11 is 5.62. The molecule has 1 rings (SSSR count). The number of halogens is 1. The Hall–Kier alpha value is -1.86. The molecule has 1 aromatic rings. The standard InChI is InChI=1S/C11H15ClN4O3/c1-19-5-4-14-9(17)6-15-11(18)7-2-3-8(12)16-10(7)13/h2-3H,4-6H2,1H3,(H2,13,16)(H,14,17)(H,15,18). The van der Waals surface area contributed by atoms with Crippen molar-refractivity contribution in [3.05, 3.63) is 22.8 Å². The molecule has 4 N–H and O–H groups in total. The first kappa shape index (κ1) is 15.2. The zero-order valence-corrected chi connectivity index (χ0v) is 11.2. The number of nitrogens with zero attached hydrogens (tertiary/aromatic N) is 1. The lowest BCUT2D eigenvalue weighted by Crippen LogP contribution is -2.38. The van der Waals surface area contributed by atoms with E-state index in [2.05, 4.69) is 15.6 Å². The fraction of sp³-hybridized carbons (Fsp3) is 0.364. The van der Waals surface area contributed by atoms with Gasteiger partial charge in [0.2, 0.25) is 5.91 Å². The molecule has 7 nitrogen and oxygen atoms in total. The van der Waals surface area contributed by atoms with E-state index in [0.29, 0.717) is 13.2 Å². The van der Waals surface area contributed by atoms with Crippen LogP contribution in [-0.2, 0) is 9.53 Å². The van der Waals surface area contributed by atoms with Crippen molar-refractivity contribution in [1.29, 1.82) is 0 Å². The molecule has 0 saturated carbocycles. The predicted molar refractivity (Wildman–Crippen MR) is 70.9 cm³/mol. The van der Waals surface area contributed by atoms with Gasteiger partial charge in [-0.05, 0) is 12.1 Å². The third-order valence-corrected chi connectivity index (χ3v) is 2.38. The van der Waals surface area contributed by atoms with Crippen LogP contribution < -0.4 is 16.4 Å². The van der Waals surface area contributed by atoms with E-state index in [1.165, 1.54) is 19.2 Å². The van der Waals surface area contributed by atoms with Gasteiger partial charge in [-0.3, -0.25) is 9.59 Å². The number of hydrogen-bond acceptors (Lipinski definition) is 5. The highest BCUT2D eigenvalue weighted by Crippen LogP contribution is 2.12. The summed E-state index contributed by atoms with van der Waals surface area (Å²) in [4.78, 5) is 26.8. The number of nitrogens with one attached hydrogen (secondary N) is 2. The van der Waals surface area contributed by atoms with E-state index in [1.807, 2.05) is 0 Å². The normalized spacial score (nSPS) is 10.0. The average Bonchev–Trinajstić information content (AvgIpc) is 2.36. The SMILES string of the molecule is COCCNC(=O)CNC(=O)c1ccc(Cl)nc1N. The number of pyridine rings is 1. The number of anilines is 1. The summed E-state index contributed by atoms with van der Waals surface area (Å²) in [5.41, 5.74) is 5.73. The van der Waals surface area contributed by atoms with Crippen molar-refractivity contribution in [3.63, 3.8) is 0 Å². The fourth-order valence-corrected chi connectivity index (χ4v) is 1.41. The number of ether oxygens (including phenoxy) is 1. The Bertz CT molecular complexity index is 467. The van der Waals surface area contributed by atoms with Crippen molar-refractivity contribution in [2.24, 2.45) is 0 Å². The molecule has 104 valence electrons. The summed E-state index contributed by atoms with van der Waals surface area (Å²) in [5.74, 6) is -0.778. The summed E-state index contributed by atoms with van der Waals surface area (Å²) in [5, 5.41) is 5.20. The van der Waals surface area contributed by atoms with Crippen LogP contribution in [0.1, 0.15) is 10.4 Å². The Balaban J connectivity index is 2.45. The molecule has 19 heavy (non-hydrogen) atoms. The van der Waals surface area contributed by atoms with E-state index < -0.39 is 5.91 Å². The first-order chi connectivity index (χ1) is 9.04. The molecule has 0 aliphatic heterocycles. The largest absolute Gasteiger partial charge is 0.383 e. The Kier molecular flexibility index (Phi) is 6.04. The number of rotatable bonds is 6. The second kappa shape index (κ2) is 7.55. The van der Waals surface area contributed by atoms with Gasteiger partial charge in [-0.2, -0.15) is 0 Å². The molecule has 8 heteroatoms. The highest BCUT2D eigenvalue weighted by Gasteiger charge is 2.12. The number of aromatic nitrogens is 1. The molecule has 0 fully saturated rings. The molecular formula is C11H15ClN4O3. The van der Waals surface area contributed by atoms with Gasteiger partial charge < -0.3 is 21.1 Å². The van der Waals surface area contributed by atoms with E-state index in [-0.39, 0.29) is 29.0 Å². The van der Waals surface area contributed by atoms with E-state index in [4.69, 9.17) is 22.1 Å². The van der Waals surface area contributed by atoms with Crippen LogP contribution in [0.25, 0.3) is 0 Å². The molecule has 0 aliphatic carbocycles. The van der Waals surface area contributed by atoms with Crippen LogP contribution in [0.2, 0.25) is 5.15 Å². The van der Waals surface area contributed by atoms with E-state index in [1.54, 1.807) is 0 Å². The van der Waals surface area contributed by atoms with Crippen LogP contribution >= 0.6 is 11.6 Å². The summed E-state index contributed by atoms with van der Waals surface area (Å²) < 4.78 is 4.77. The molecule has 0 radical (unpaired) electrons. The number of carbonyl (C=O) groups excluding carboxylic acids is 2. The average molecular weight is 287 g/mol. The van der Waals surface area contributed by atoms with Gasteiger partial charge in [0, 0.05) is 13.7 Å². The third-order valence-electron chi connectivity index (χ3n) is 2.17. The van der Waals surface area contributed by atoms with Crippen LogP contribution in [0.15, 0.2) is 12.1 Å². The molecule has 1 heterocycles.